The quantitative estimate of drug-likeness (QED) is 0.659. The molecule has 0 aliphatic carbocycles. The molecule has 0 aliphatic heterocycles. The van der Waals surface area contributed by atoms with Crippen molar-refractivity contribution < 1.29 is 31.1 Å². The van der Waals surface area contributed by atoms with Crippen molar-refractivity contribution in [3.8, 4) is 5.75 Å². The number of anilines is 2. The molecule has 2 aromatic rings. The van der Waals surface area contributed by atoms with Gasteiger partial charge in [0.2, 0.25) is 15.9 Å². The summed E-state index contributed by atoms with van der Waals surface area (Å²) in [5.41, 5.74) is -0.443. The standard InChI is InChI=1S/C20H23F3N2O4S/c1-4-18(19(26)24-15-8-6-14(7-9-15)20(21,22)23)25(30(3,27)28)16-10-12-17(13-11-16)29-5-2/h6-13,18H,4-5H2,1-3H3,(H,24,26). The minimum Gasteiger partial charge on any atom is -0.494 e. The summed E-state index contributed by atoms with van der Waals surface area (Å²) < 4.78 is 69.3. The number of alkyl halides is 3. The number of nitrogens with zero attached hydrogens (tertiary/aromatic N) is 1. The average Bonchev–Trinajstić information content (AvgIpc) is 2.66. The van der Waals surface area contributed by atoms with Gasteiger partial charge in [0.05, 0.1) is 24.1 Å². The van der Waals surface area contributed by atoms with Crippen LogP contribution >= 0.6 is 0 Å². The van der Waals surface area contributed by atoms with E-state index in [1.807, 2.05) is 6.92 Å². The lowest BCUT2D eigenvalue weighted by molar-refractivity contribution is -0.137. The number of carbonyl (C=O) groups is 1. The average molecular weight is 444 g/mol. The van der Waals surface area contributed by atoms with E-state index in [1.165, 1.54) is 12.1 Å². The van der Waals surface area contributed by atoms with Crippen molar-refractivity contribution in [3.63, 3.8) is 0 Å². The Morgan fingerprint density at radius 1 is 1.07 bits per heavy atom. The minimum absolute atomic E-state index is 0.131. The Bertz CT molecular complexity index is 959. The molecule has 164 valence electrons. The van der Waals surface area contributed by atoms with E-state index in [2.05, 4.69) is 5.32 Å². The van der Waals surface area contributed by atoms with Crippen LogP contribution in [0.2, 0.25) is 0 Å². The predicted octanol–water partition coefficient (Wildman–Crippen LogP) is 4.29. The zero-order valence-electron chi connectivity index (χ0n) is 16.7. The van der Waals surface area contributed by atoms with Gasteiger partial charge in [0.15, 0.2) is 0 Å². The molecule has 0 fully saturated rings. The lowest BCUT2D eigenvalue weighted by atomic mass is 10.1. The second kappa shape index (κ2) is 9.38. The Balaban J connectivity index is 2.29. The molecule has 30 heavy (non-hydrogen) atoms. The summed E-state index contributed by atoms with van der Waals surface area (Å²) in [6.45, 7) is 3.90. The number of hydrogen-bond donors (Lipinski definition) is 1. The second-order valence-electron chi connectivity index (χ2n) is 6.47. The molecule has 0 aliphatic rings. The number of rotatable bonds is 8. The molecule has 2 aromatic carbocycles. The molecular weight excluding hydrogens is 421 g/mol. The van der Waals surface area contributed by atoms with Crippen molar-refractivity contribution >= 4 is 27.3 Å². The fourth-order valence-electron chi connectivity index (χ4n) is 2.88. The van der Waals surface area contributed by atoms with Gasteiger partial charge in [-0.2, -0.15) is 13.2 Å². The molecule has 0 radical (unpaired) electrons. The summed E-state index contributed by atoms with van der Waals surface area (Å²) in [6.07, 6.45) is -3.36. The number of hydrogen-bond acceptors (Lipinski definition) is 4. The van der Waals surface area contributed by atoms with E-state index in [9.17, 15) is 26.4 Å². The van der Waals surface area contributed by atoms with Crippen LogP contribution in [0.25, 0.3) is 0 Å². The highest BCUT2D eigenvalue weighted by Gasteiger charge is 2.32. The number of carbonyl (C=O) groups excluding carboxylic acids is 1. The maximum Gasteiger partial charge on any atom is 0.416 e. The second-order valence-corrected chi connectivity index (χ2v) is 8.33. The van der Waals surface area contributed by atoms with Crippen molar-refractivity contribution in [2.24, 2.45) is 0 Å². The first-order valence-electron chi connectivity index (χ1n) is 9.17. The van der Waals surface area contributed by atoms with Gasteiger partial charge in [0.25, 0.3) is 0 Å². The predicted molar refractivity (Wildman–Crippen MR) is 109 cm³/mol. The van der Waals surface area contributed by atoms with Crippen LogP contribution in [-0.2, 0) is 21.0 Å². The van der Waals surface area contributed by atoms with Crippen LogP contribution in [0.5, 0.6) is 5.75 Å². The first kappa shape index (κ1) is 23.5. The Hall–Kier alpha value is -2.75. The van der Waals surface area contributed by atoms with Gasteiger partial charge in [-0.3, -0.25) is 9.10 Å². The first-order chi connectivity index (χ1) is 14.0. The van der Waals surface area contributed by atoms with Gasteiger partial charge in [-0.05, 0) is 61.9 Å². The van der Waals surface area contributed by atoms with Crippen LogP contribution in [0.1, 0.15) is 25.8 Å². The first-order valence-corrected chi connectivity index (χ1v) is 11.0. The number of nitrogens with one attached hydrogen (secondary N) is 1. The molecule has 2 rings (SSSR count). The van der Waals surface area contributed by atoms with Gasteiger partial charge in [0, 0.05) is 5.69 Å². The van der Waals surface area contributed by atoms with Gasteiger partial charge in [-0.25, -0.2) is 8.42 Å². The normalized spacial score (nSPS) is 12.9. The van der Waals surface area contributed by atoms with Gasteiger partial charge in [-0.1, -0.05) is 6.92 Å². The third kappa shape index (κ3) is 5.88. The van der Waals surface area contributed by atoms with Gasteiger partial charge < -0.3 is 10.1 Å². The number of benzene rings is 2. The highest BCUT2D eigenvalue weighted by Crippen LogP contribution is 2.30. The van der Waals surface area contributed by atoms with Crippen LogP contribution in [0.3, 0.4) is 0 Å². The fourth-order valence-corrected chi connectivity index (χ4v) is 4.10. The highest BCUT2D eigenvalue weighted by atomic mass is 32.2. The Labute approximate surface area is 173 Å². The molecule has 6 nitrogen and oxygen atoms in total. The molecule has 1 amide bonds. The van der Waals surface area contributed by atoms with Crippen LogP contribution in [0.15, 0.2) is 48.5 Å². The van der Waals surface area contributed by atoms with E-state index in [0.29, 0.717) is 12.4 Å². The monoisotopic (exact) mass is 444 g/mol. The molecule has 1 atom stereocenters. The van der Waals surface area contributed by atoms with E-state index >= 15 is 0 Å². The molecule has 1 N–H and O–H groups in total. The lowest BCUT2D eigenvalue weighted by Gasteiger charge is -2.30. The smallest absolute Gasteiger partial charge is 0.416 e. The van der Waals surface area contributed by atoms with Crippen molar-refractivity contribution in [2.45, 2.75) is 32.5 Å². The molecule has 0 saturated carbocycles. The lowest BCUT2D eigenvalue weighted by Crippen LogP contribution is -2.47. The van der Waals surface area contributed by atoms with Crippen molar-refractivity contribution in [2.75, 3.05) is 22.5 Å². The summed E-state index contributed by atoms with van der Waals surface area (Å²) in [7, 11) is -3.83. The molecule has 1 unspecified atom stereocenters. The SMILES string of the molecule is CCOc1ccc(N(C(CC)C(=O)Nc2ccc(C(F)(F)F)cc2)S(C)(=O)=O)cc1. The van der Waals surface area contributed by atoms with E-state index in [1.54, 1.807) is 19.1 Å². The number of sulfonamides is 1. The van der Waals surface area contributed by atoms with E-state index in [4.69, 9.17) is 4.74 Å². The van der Waals surface area contributed by atoms with Gasteiger partial charge in [-0.15, -0.1) is 0 Å². The third-order valence-corrected chi connectivity index (χ3v) is 5.39. The number of amides is 1. The Morgan fingerprint density at radius 3 is 2.07 bits per heavy atom. The number of ether oxygens (including phenoxy) is 1. The van der Waals surface area contributed by atoms with Gasteiger partial charge >= 0.3 is 6.18 Å². The zero-order valence-corrected chi connectivity index (χ0v) is 17.5. The zero-order chi connectivity index (χ0) is 22.5. The largest absolute Gasteiger partial charge is 0.494 e. The number of halogens is 3. The molecular formula is C20H23F3N2O4S. The van der Waals surface area contributed by atoms with Crippen molar-refractivity contribution in [3.05, 3.63) is 54.1 Å². The molecule has 10 heteroatoms. The van der Waals surface area contributed by atoms with E-state index in [-0.39, 0.29) is 17.8 Å². The summed E-state index contributed by atoms with van der Waals surface area (Å²) in [5.74, 6) is -0.103. The van der Waals surface area contributed by atoms with Crippen LogP contribution in [-0.4, -0.2) is 33.2 Å². The molecule has 0 saturated heterocycles. The fraction of sp³-hybridized carbons (Fsp3) is 0.350. The topological polar surface area (TPSA) is 75.7 Å². The summed E-state index contributed by atoms with van der Waals surface area (Å²) >= 11 is 0. The Kier molecular flexibility index (Phi) is 7.35. The summed E-state index contributed by atoms with van der Waals surface area (Å²) in [4.78, 5) is 12.8. The maximum absolute atomic E-state index is 12.8. The maximum atomic E-state index is 12.8. The van der Waals surface area contributed by atoms with Crippen molar-refractivity contribution in [1.29, 1.82) is 0 Å². The Morgan fingerprint density at radius 2 is 1.63 bits per heavy atom. The van der Waals surface area contributed by atoms with Crippen LogP contribution in [0, 0.1) is 0 Å². The van der Waals surface area contributed by atoms with Crippen LogP contribution < -0.4 is 14.4 Å². The molecule has 0 aromatic heterocycles. The third-order valence-electron chi connectivity index (χ3n) is 4.21. The van der Waals surface area contributed by atoms with E-state index in [0.717, 1.165) is 34.8 Å². The minimum atomic E-state index is -4.49. The summed E-state index contributed by atoms with van der Waals surface area (Å²) in [5, 5.41) is 2.49. The van der Waals surface area contributed by atoms with Crippen LogP contribution in [0.4, 0.5) is 24.5 Å². The van der Waals surface area contributed by atoms with E-state index < -0.39 is 33.7 Å². The molecule has 0 spiro atoms. The molecule has 0 heterocycles. The van der Waals surface area contributed by atoms with Gasteiger partial charge in [0.1, 0.15) is 11.8 Å². The summed E-state index contributed by atoms with van der Waals surface area (Å²) in [6, 6.07) is 9.08. The molecule has 0 bridgehead atoms. The van der Waals surface area contributed by atoms with Crippen molar-refractivity contribution in [1.82, 2.24) is 0 Å². The highest BCUT2D eigenvalue weighted by molar-refractivity contribution is 7.92.